The van der Waals surface area contributed by atoms with Crippen LogP contribution in [0.25, 0.3) is 11.0 Å². The number of pyridine rings is 1. The fraction of sp³-hybridized carbons (Fsp3) is 0.286. The lowest BCUT2D eigenvalue weighted by atomic mass is 9.90. The Hall–Kier alpha value is -3.68. The standard InChI is InChI=1S/C28H30N4O3/c1-35-26-8-4-20(5-9-26)18-31-13-10-22(11-14-31)25-16-24-12-15-32(27(24)29-17-25)19-21-2-6-23(7-3-21)28(33)30-34/h2-9,12,15-17,22,34H,10-11,13-14,18-19H2,1H3,(H,30,33). The first kappa shape index (κ1) is 23.1. The highest BCUT2D eigenvalue weighted by molar-refractivity contribution is 5.93. The number of fused-ring (bicyclic) bond motifs is 1. The van der Waals surface area contributed by atoms with Gasteiger partial charge in [-0.05, 0) is 84.9 Å². The summed E-state index contributed by atoms with van der Waals surface area (Å²) in [7, 11) is 1.70. The van der Waals surface area contributed by atoms with Gasteiger partial charge in [0.05, 0.1) is 7.11 Å². The first-order valence-corrected chi connectivity index (χ1v) is 12.0. The van der Waals surface area contributed by atoms with E-state index in [1.165, 1.54) is 11.1 Å². The first-order chi connectivity index (χ1) is 17.1. The van der Waals surface area contributed by atoms with E-state index in [4.69, 9.17) is 14.9 Å². The van der Waals surface area contributed by atoms with Gasteiger partial charge in [-0.1, -0.05) is 24.3 Å². The normalized spacial score (nSPS) is 14.8. The molecule has 0 saturated carbocycles. The van der Waals surface area contributed by atoms with Gasteiger partial charge in [0, 0.05) is 36.4 Å². The topological polar surface area (TPSA) is 79.6 Å². The summed E-state index contributed by atoms with van der Waals surface area (Å²) in [4.78, 5) is 18.9. The molecule has 2 aromatic heterocycles. The van der Waals surface area contributed by atoms with Crippen molar-refractivity contribution in [2.75, 3.05) is 20.2 Å². The highest BCUT2D eigenvalue weighted by atomic mass is 16.5. The minimum Gasteiger partial charge on any atom is -0.497 e. The predicted octanol–water partition coefficient (Wildman–Crippen LogP) is 4.59. The molecule has 35 heavy (non-hydrogen) atoms. The van der Waals surface area contributed by atoms with Crippen LogP contribution in [0, 0.1) is 0 Å². The molecule has 4 aromatic rings. The Morgan fingerprint density at radius 2 is 1.71 bits per heavy atom. The van der Waals surface area contributed by atoms with E-state index in [9.17, 15) is 4.79 Å². The number of likely N-dealkylation sites (tertiary alicyclic amines) is 1. The summed E-state index contributed by atoms with van der Waals surface area (Å²) in [6, 6.07) is 20.0. The first-order valence-electron chi connectivity index (χ1n) is 12.0. The Bertz CT molecular complexity index is 1290. The zero-order valence-electron chi connectivity index (χ0n) is 19.9. The number of piperidine rings is 1. The summed E-state index contributed by atoms with van der Waals surface area (Å²) in [6.45, 7) is 3.81. The maximum atomic E-state index is 11.5. The summed E-state index contributed by atoms with van der Waals surface area (Å²) >= 11 is 0. The van der Waals surface area contributed by atoms with E-state index in [2.05, 4.69) is 39.9 Å². The van der Waals surface area contributed by atoms with E-state index in [0.29, 0.717) is 18.0 Å². The largest absolute Gasteiger partial charge is 0.497 e. The van der Waals surface area contributed by atoms with Crippen LogP contribution in [-0.2, 0) is 13.1 Å². The molecule has 2 N–H and O–H groups in total. The number of nitrogens with one attached hydrogen (secondary N) is 1. The van der Waals surface area contributed by atoms with Crippen molar-refractivity contribution < 1.29 is 14.7 Å². The van der Waals surface area contributed by atoms with Gasteiger partial charge in [0.15, 0.2) is 0 Å². The number of carbonyl (C=O) groups excluding carboxylic acids is 1. The Labute approximate surface area is 204 Å². The van der Waals surface area contributed by atoms with Gasteiger partial charge in [-0.25, -0.2) is 10.5 Å². The van der Waals surface area contributed by atoms with Gasteiger partial charge in [0.2, 0.25) is 0 Å². The van der Waals surface area contributed by atoms with Crippen LogP contribution in [0.1, 0.15) is 45.8 Å². The van der Waals surface area contributed by atoms with Crippen LogP contribution in [-0.4, -0.2) is 45.8 Å². The fourth-order valence-corrected chi connectivity index (χ4v) is 4.88. The quantitative estimate of drug-likeness (QED) is 0.305. The van der Waals surface area contributed by atoms with Crippen molar-refractivity contribution in [3.8, 4) is 5.75 Å². The molecule has 180 valence electrons. The summed E-state index contributed by atoms with van der Waals surface area (Å²) < 4.78 is 7.38. The number of hydroxylamine groups is 1. The van der Waals surface area contributed by atoms with Crippen LogP contribution in [0.3, 0.4) is 0 Å². The van der Waals surface area contributed by atoms with Crippen LogP contribution in [0.2, 0.25) is 0 Å². The third-order valence-electron chi connectivity index (χ3n) is 6.92. The maximum absolute atomic E-state index is 11.5. The molecule has 0 aliphatic carbocycles. The van der Waals surface area contributed by atoms with E-state index in [1.54, 1.807) is 24.7 Å². The number of aromatic nitrogens is 2. The zero-order valence-corrected chi connectivity index (χ0v) is 19.9. The molecule has 7 nitrogen and oxygen atoms in total. The molecule has 7 heteroatoms. The second-order valence-electron chi connectivity index (χ2n) is 9.16. The number of amides is 1. The minimum atomic E-state index is -0.510. The van der Waals surface area contributed by atoms with Crippen molar-refractivity contribution in [3.63, 3.8) is 0 Å². The Kier molecular flexibility index (Phi) is 6.79. The van der Waals surface area contributed by atoms with Crippen LogP contribution >= 0.6 is 0 Å². The number of benzene rings is 2. The number of rotatable bonds is 7. The minimum absolute atomic E-state index is 0.423. The van der Waals surface area contributed by atoms with E-state index in [0.717, 1.165) is 54.8 Å². The lowest BCUT2D eigenvalue weighted by Gasteiger charge is -2.32. The van der Waals surface area contributed by atoms with Gasteiger partial charge < -0.3 is 9.30 Å². The Morgan fingerprint density at radius 3 is 2.40 bits per heavy atom. The average Bonchev–Trinajstić information content (AvgIpc) is 3.31. The zero-order chi connectivity index (χ0) is 24.2. The second-order valence-corrected chi connectivity index (χ2v) is 9.16. The molecule has 0 atom stereocenters. The maximum Gasteiger partial charge on any atom is 0.274 e. The van der Waals surface area contributed by atoms with Gasteiger partial charge >= 0.3 is 0 Å². The molecule has 0 radical (unpaired) electrons. The molecular weight excluding hydrogens is 440 g/mol. The van der Waals surface area contributed by atoms with Gasteiger partial charge in [-0.15, -0.1) is 0 Å². The molecule has 0 bridgehead atoms. The molecule has 0 spiro atoms. The number of carbonyl (C=O) groups is 1. The molecule has 0 unspecified atom stereocenters. The number of nitrogens with zero attached hydrogens (tertiary/aromatic N) is 3. The summed E-state index contributed by atoms with van der Waals surface area (Å²) in [5, 5.41) is 9.92. The lowest BCUT2D eigenvalue weighted by molar-refractivity contribution is 0.0706. The monoisotopic (exact) mass is 470 g/mol. The van der Waals surface area contributed by atoms with Gasteiger partial charge in [-0.2, -0.15) is 0 Å². The molecule has 3 heterocycles. The number of hydrogen-bond acceptors (Lipinski definition) is 5. The van der Waals surface area contributed by atoms with Gasteiger partial charge in [-0.3, -0.25) is 14.9 Å². The number of hydrogen-bond donors (Lipinski definition) is 2. The van der Waals surface area contributed by atoms with Crippen molar-refractivity contribution >= 4 is 16.9 Å². The molecule has 5 rings (SSSR count). The van der Waals surface area contributed by atoms with Crippen molar-refractivity contribution in [2.24, 2.45) is 0 Å². The SMILES string of the molecule is COc1ccc(CN2CCC(c3cnc4c(ccn4Cc4ccc(C(=O)NO)cc4)c3)CC2)cc1. The van der Waals surface area contributed by atoms with Crippen molar-refractivity contribution in [1.29, 1.82) is 0 Å². The van der Waals surface area contributed by atoms with E-state index >= 15 is 0 Å². The molecular formula is C28H30N4O3. The molecule has 1 fully saturated rings. The molecule has 1 aliphatic heterocycles. The highest BCUT2D eigenvalue weighted by Crippen LogP contribution is 2.30. The van der Waals surface area contributed by atoms with Crippen LogP contribution in [0.5, 0.6) is 5.75 Å². The molecule has 1 aliphatic rings. The van der Waals surface area contributed by atoms with Crippen molar-refractivity contribution in [2.45, 2.75) is 31.8 Å². The third-order valence-corrected chi connectivity index (χ3v) is 6.92. The predicted molar refractivity (Wildman–Crippen MR) is 135 cm³/mol. The van der Waals surface area contributed by atoms with Crippen molar-refractivity contribution in [1.82, 2.24) is 19.9 Å². The summed E-state index contributed by atoms with van der Waals surface area (Å²) in [5.41, 5.74) is 6.74. The molecule has 2 aromatic carbocycles. The van der Waals surface area contributed by atoms with Crippen LogP contribution < -0.4 is 10.2 Å². The number of methoxy groups -OCH3 is 1. The van der Waals surface area contributed by atoms with Crippen molar-refractivity contribution in [3.05, 3.63) is 95.3 Å². The fourth-order valence-electron chi connectivity index (χ4n) is 4.88. The van der Waals surface area contributed by atoms with Crippen LogP contribution in [0.4, 0.5) is 0 Å². The third kappa shape index (κ3) is 5.21. The second kappa shape index (κ2) is 10.3. The van der Waals surface area contributed by atoms with E-state index in [-0.39, 0.29) is 0 Å². The van der Waals surface area contributed by atoms with Crippen LogP contribution in [0.15, 0.2) is 73.1 Å². The molecule has 1 saturated heterocycles. The van der Waals surface area contributed by atoms with Gasteiger partial charge in [0.1, 0.15) is 11.4 Å². The Morgan fingerprint density at radius 1 is 1.03 bits per heavy atom. The summed E-state index contributed by atoms with van der Waals surface area (Å²) in [6.07, 6.45) is 6.38. The average molecular weight is 471 g/mol. The highest BCUT2D eigenvalue weighted by Gasteiger charge is 2.21. The Balaban J connectivity index is 1.21. The summed E-state index contributed by atoms with van der Waals surface area (Å²) in [5.74, 6) is 0.922. The number of ether oxygens (including phenoxy) is 1. The van der Waals surface area contributed by atoms with Gasteiger partial charge in [0.25, 0.3) is 5.91 Å². The van der Waals surface area contributed by atoms with E-state index < -0.39 is 5.91 Å². The lowest BCUT2D eigenvalue weighted by Crippen LogP contribution is -2.32. The smallest absolute Gasteiger partial charge is 0.274 e. The molecule has 1 amide bonds. The van der Waals surface area contributed by atoms with E-state index in [1.807, 2.05) is 30.5 Å².